The van der Waals surface area contributed by atoms with Gasteiger partial charge in [0.2, 0.25) is 0 Å². The van der Waals surface area contributed by atoms with Crippen molar-refractivity contribution in [3.8, 4) is 5.75 Å². The number of rotatable bonds is 7. The summed E-state index contributed by atoms with van der Waals surface area (Å²) in [7, 11) is -5.64. The van der Waals surface area contributed by atoms with Crippen LogP contribution in [-0.4, -0.2) is 79.2 Å². The van der Waals surface area contributed by atoms with Gasteiger partial charge >= 0.3 is 5.25 Å². The lowest BCUT2D eigenvalue weighted by Crippen LogP contribution is -2.49. The Labute approximate surface area is 189 Å². The van der Waals surface area contributed by atoms with E-state index in [2.05, 4.69) is 15.0 Å². The average molecular weight is 500 g/mol. The van der Waals surface area contributed by atoms with Gasteiger partial charge in [0.1, 0.15) is 35.9 Å². The molecule has 182 valence electrons. The zero-order valence-corrected chi connectivity index (χ0v) is 17.8. The van der Waals surface area contributed by atoms with Crippen LogP contribution in [0.2, 0.25) is 0 Å². The maximum absolute atomic E-state index is 14.5. The molecule has 0 radical (unpaired) electrons. The minimum absolute atomic E-state index is 0.0393. The highest BCUT2D eigenvalue weighted by atomic mass is 32.2. The van der Waals surface area contributed by atoms with Crippen LogP contribution < -0.4 is 10.5 Å². The number of phenols is 1. The van der Waals surface area contributed by atoms with Crippen molar-refractivity contribution in [1.29, 1.82) is 0 Å². The fraction of sp³-hybridized carbons (Fsp3) is 0.333. The number of halogens is 2. The molecule has 4 atom stereocenters. The summed E-state index contributed by atoms with van der Waals surface area (Å²) in [4.78, 5) is 23.9. The molecular formula is C18H18F2N6O7S. The average Bonchev–Trinajstić information content (AvgIpc) is 3.34. The second kappa shape index (κ2) is 8.48. The lowest BCUT2D eigenvalue weighted by atomic mass is 10.1. The van der Waals surface area contributed by atoms with Crippen LogP contribution in [0, 0.1) is 0 Å². The molecule has 1 aliphatic rings. The smallest absolute Gasteiger partial charge is 0.420 e. The minimum atomic E-state index is -5.64. The molecule has 0 aliphatic carbocycles. The molecule has 16 heteroatoms. The number of anilines is 1. The summed E-state index contributed by atoms with van der Waals surface area (Å²) in [6, 6.07) is 4.23. The van der Waals surface area contributed by atoms with Crippen LogP contribution in [0.25, 0.3) is 11.2 Å². The van der Waals surface area contributed by atoms with Crippen molar-refractivity contribution in [3.63, 3.8) is 0 Å². The van der Waals surface area contributed by atoms with Crippen LogP contribution in [-0.2, 0) is 14.8 Å². The molecule has 0 bridgehead atoms. The number of carbonyl (C=O) groups excluding carboxylic acids is 1. The van der Waals surface area contributed by atoms with Crippen LogP contribution in [0.15, 0.2) is 36.9 Å². The number of imidazole rings is 1. The van der Waals surface area contributed by atoms with E-state index in [1.165, 1.54) is 27.7 Å². The second-order valence-corrected chi connectivity index (χ2v) is 9.15. The number of fused-ring (bicyclic) bond motifs is 1. The number of aromatic nitrogens is 4. The number of nitrogens with two attached hydrogens (primary N) is 1. The van der Waals surface area contributed by atoms with E-state index in [0.29, 0.717) is 0 Å². The number of aliphatic hydroxyl groups excluding tert-OH is 2. The number of ketones is 1. The molecule has 34 heavy (non-hydrogen) atoms. The molecule has 1 unspecified atom stereocenters. The minimum Gasteiger partial charge on any atom is -0.507 e. The highest BCUT2D eigenvalue weighted by Gasteiger charge is 2.54. The SMILES string of the molecule is Nc1ncnc2c1ncn2[C@@H]1O[C@H](CNS(=O)(=O)C(F)(F)C(=O)c2ccccc2O)[C@H](O)C1O. The highest BCUT2D eigenvalue weighted by molar-refractivity contribution is 7.91. The van der Waals surface area contributed by atoms with Crippen molar-refractivity contribution in [2.75, 3.05) is 12.3 Å². The number of phenolic OH excluding ortho intramolecular Hbond substituents is 1. The first-order valence-corrected chi connectivity index (χ1v) is 11.1. The monoisotopic (exact) mass is 500 g/mol. The van der Waals surface area contributed by atoms with E-state index in [1.54, 1.807) is 0 Å². The van der Waals surface area contributed by atoms with Crippen molar-refractivity contribution >= 4 is 32.8 Å². The van der Waals surface area contributed by atoms with Gasteiger partial charge in [0.25, 0.3) is 15.8 Å². The van der Waals surface area contributed by atoms with Crippen LogP contribution in [0.3, 0.4) is 0 Å². The summed E-state index contributed by atoms with van der Waals surface area (Å²) in [5.74, 6) is -2.93. The molecule has 1 fully saturated rings. The summed E-state index contributed by atoms with van der Waals surface area (Å²) in [6.07, 6.45) is -3.79. The first-order chi connectivity index (χ1) is 16.0. The topological polar surface area (TPSA) is 203 Å². The van der Waals surface area contributed by atoms with E-state index in [1.807, 2.05) is 0 Å². The van der Waals surface area contributed by atoms with Gasteiger partial charge in [0.15, 0.2) is 17.7 Å². The van der Waals surface area contributed by atoms with E-state index in [4.69, 9.17) is 10.5 Å². The van der Waals surface area contributed by atoms with Gasteiger partial charge in [-0.15, -0.1) is 0 Å². The van der Waals surface area contributed by atoms with Gasteiger partial charge in [0, 0.05) is 6.54 Å². The molecule has 1 aromatic carbocycles. The lowest BCUT2D eigenvalue weighted by Gasteiger charge is -2.20. The molecule has 3 heterocycles. The Morgan fingerprint density at radius 3 is 2.62 bits per heavy atom. The Kier molecular flexibility index (Phi) is 5.94. The number of nitrogen functional groups attached to an aromatic ring is 1. The maximum Gasteiger partial charge on any atom is 0.420 e. The van der Waals surface area contributed by atoms with Gasteiger partial charge in [0.05, 0.1) is 11.9 Å². The Bertz CT molecular complexity index is 1350. The summed E-state index contributed by atoms with van der Waals surface area (Å²) in [6.45, 7) is -0.912. The van der Waals surface area contributed by atoms with E-state index < -0.39 is 63.5 Å². The molecule has 4 rings (SSSR count). The zero-order chi connectivity index (χ0) is 24.8. The van der Waals surface area contributed by atoms with Gasteiger partial charge in [-0.2, -0.15) is 8.78 Å². The quantitative estimate of drug-likeness (QED) is 0.252. The number of hydrogen-bond donors (Lipinski definition) is 5. The van der Waals surface area contributed by atoms with Gasteiger partial charge in [-0.25, -0.2) is 28.1 Å². The zero-order valence-electron chi connectivity index (χ0n) is 17.0. The van der Waals surface area contributed by atoms with Gasteiger partial charge in [-0.1, -0.05) is 12.1 Å². The summed E-state index contributed by atoms with van der Waals surface area (Å²) < 4.78 is 61.7. The number of nitrogens with zero attached hydrogens (tertiary/aromatic N) is 4. The second-order valence-electron chi connectivity index (χ2n) is 7.34. The van der Waals surface area contributed by atoms with Crippen molar-refractivity contribution < 1.29 is 42.0 Å². The number of alkyl halides is 2. The van der Waals surface area contributed by atoms with E-state index in [9.17, 15) is 37.3 Å². The van der Waals surface area contributed by atoms with Gasteiger partial charge in [-0.05, 0) is 12.1 Å². The van der Waals surface area contributed by atoms with Crippen molar-refractivity contribution in [2.24, 2.45) is 0 Å². The van der Waals surface area contributed by atoms with Gasteiger partial charge in [-0.3, -0.25) is 9.36 Å². The Balaban J connectivity index is 1.51. The molecule has 6 N–H and O–H groups in total. The highest BCUT2D eigenvalue weighted by Crippen LogP contribution is 2.33. The van der Waals surface area contributed by atoms with E-state index in [0.717, 1.165) is 18.5 Å². The number of Topliss-reactive ketones (excluding diaryl/α,β-unsaturated/α-hetero) is 1. The van der Waals surface area contributed by atoms with E-state index in [-0.39, 0.29) is 17.0 Å². The molecular weight excluding hydrogens is 482 g/mol. The number of ether oxygens (including phenoxy) is 1. The first-order valence-electron chi connectivity index (χ1n) is 9.60. The van der Waals surface area contributed by atoms with Crippen LogP contribution >= 0.6 is 0 Å². The largest absolute Gasteiger partial charge is 0.507 e. The molecule has 0 saturated carbocycles. The number of carbonyl (C=O) groups is 1. The molecule has 1 saturated heterocycles. The predicted molar refractivity (Wildman–Crippen MR) is 110 cm³/mol. The summed E-state index contributed by atoms with van der Waals surface area (Å²) in [5.41, 5.74) is 5.13. The number of hydrogen-bond acceptors (Lipinski definition) is 11. The third-order valence-corrected chi connectivity index (χ3v) is 6.63. The molecule has 0 amide bonds. The molecule has 2 aromatic heterocycles. The normalized spacial score (nSPS) is 23.4. The number of aliphatic hydroxyl groups is 2. The fourth-order valence-electron chi connectivity index (χ4n) is 3.41. The number of aromatic hydroxyl groups is 1. The van der Waals surface area contributed by atoms with Crippen LogP contribution in [0.4, 0.5) is 14.6 Å². The summed E-state index contributed by atoms with van der Waals surface area (Å²) >= 11 is 0. The van der Waals surface area contributed by atoms with Crippen molar-refractivity contribution in [3.05, 3.63) is 42.5 Å². The molecule has 1 aliphatic heterocycles. The molecule has 0 spiro atoms. The standard InChI is InChI=1S/C18H18F2N6O7S/c19-18(20,14(30)8-3-1-2-4-9(8)27)34(31,32)25-5-10-12(28)13(29)17(33-10)26-7-24-11-15(21)22-6-23-16(11)26/h1-4,6-7,10,12-13,17,25,27-29H,5H2,(H2,21,22,23)/t10-,12+,13?,17-/m1/s1. The predicted octanol–water partition coefficient (Wildman–Crippen LogP) is -0.872. The lowest BCUT2D eigenvalue weighted by molar-refractivity contribution is -0.0331. The Morgan fingerprint density at radius 2 is 1.91 bits per heavy atom. The first kappa shape index (κ1) is 23.8. The molecule has 3 aromatic rings. The Morgan fingerprint density at radius 1 is 1.21 bits per heavy atom. The van der Waals surface area contributed by atoms with Gasteiger partial charge < -0.3 is 25.8 Å². The Hall–Kier alpha value is -3.31. The number of sulfonamides is 1. The number of para-hydroxylation sites is 1. The molecule has 13 nitrogen and oxygen atoms in total. The number of nitrogens with one attached hydrogen (secondary N) is 1. The fourth-order valence-corrected chi connectivity index (χ4v) is 4.33. The third kappa shape index (κ3) is 3.84. The van der Waals surface area contributed by atoms with Crippen LogP contribution in [0.1, 0.15) is 16.6 Å². The van der Waals surface area contributed by atoms with E-state index >= 15 is 0 Å². The third-order valence-electron chi connectivity index (χ3n) is 5.22. The number of benzene rings is 1. The van der Waals surface area contributed by atoms with Crippen molar-refractivity contribution in [2.45, 2.75) is 29.8 Å². The van der Waals surface area contributed by atoms with Crippen LogP contribution in [0.5, 0.6) is 5.75 Å². The summed E-state index contributed by atoms with van der Waals surface area (Å²) in [5, 5.41) is 25.3. The van der Waals surface area contributed by atoms with Crippen molar-refractivity contribution in [1.82, 2.24) is 24.2 Å². The maximum atomic E-state index is 14.5.